The number of aryl methyl sites for hydroxylation is 1. The fourth-order valence-corrected chi connectivity index (χ4v) is 0.983. The third-order valence-electron chi connectivity index (χ3n) is 1.49. The van der Waals surface area contributed by atoms with Crippen molar-refractivity contribution in [3.05, 3.63) is 29.1 Å². The molecule has 0 amide bonds. The van der Waals surface area contributed by atoms with Crippen molar-refractivity contribution in [2.45, 2.75) is 13.1 Å². The summed E-state index contributed by atoms with van der Waals surface area (Å²) in [6, 6.07) is 1.74. The van der Waals surface area contributed by atoms with E-state index in [1.54, 1.807) is 0 Å². The highest BCUT2D eigenvalue weighted by Gasteiger charge is 2.31. The van der Waals surface area contributed by atoms with Crippen LogP contribution in [-0.2, 0) is 6.18 Å². The monoisotopic (exact) mass is 204 g/mol. The summed E-state index contributed by atoms with van der Waals surface area (Å²) in [5.41, 5.74) is -0.616. The van der Waals surface area contributed by atoms with Gasteiger partial charge in [-0.1, -0.05) is 5.16 Å². The molecule has 0 aliphatic rings. The first-order valence-electron chi connectivity index (χ1n) is 3.67. The first kappa shape index (κ1) is 10.5. The predicted octanol–water partition coefficient (Wildman–Crippen LogP) is 2.22. The molecule has 0 aromatic carbocycles. The van der Waals surface area contributed by atoms with Crippen molar-refractivity contribution >= 4 is 6.21 Å². The largest absolute Gasteiger partial charge is 0.416 e. The van der Waals surface area contributed by atoms with Crippen molar-refractivity contribution in [1.29, 1.82) is 0 Å². The van der Waals surface area contributed by atoms with Gasteiger partial charge in [-0.3, -0.25) is 4.98 Å². The molecule has 14 heavy (non-hydrogen) atoms. The minimum Gasteiger partial charge on any atom is -0.411 e. The van der Waals surface area contributed by atoms with Crippen LogP contribution in [0.2, 0.25) is 0 Å². The van der Waals surface area contributed by atoms with Crippen molar-refractivity contribution in [1.82, 2.24) is 4.98 Å². The van der Waals surface area contributed by atoms with Crippen molar-refractivity contribution in [3.63, 3.8) is 0 Å². The Hall–Kier alpha value is -1.59. The number of rotatable bonds is 1. The first-order chi connectivity index (χ1) is 6.43. The second kappa shape index (κ2) is 3.65. The highest BCUT2D eigenvalue weighted by molar-refractivity contribution is 5.76. The smallest absolute Gasteiger partial charge is 0.411 e. The topological polar surface area (TPSA) is 45.5 Å². The van der Waals surface area contributed by atoms with Crippen LogP contribution in [0.3, 0.4) is 0 Å². The van der Waals surface area contributed by atoms with Gasteiger partial charge in [0.1, 0.15) is 0 Å². The predicted molar refractivity (Wildman–Crippen MR) is 43.4 cm³/mol. The second-order valence-corrected chi connectivity index (χ2v) is 2.66. The Balaban J connectivity index is 3.20. The van der Waals surface area contributed by atoms with Crippen LogP contribution in [-0.4, -0.2) is 16.4 Å². The van der Waals surface area contributed by atoms with Gasteiger partial charge in [0.25, 0.3) is 0 Å². The summed E-state index contributed by atoms with van der Waals surface area (Å²) in [6.45, 7) is 1.43. The molecule has 1 aromatic heterocycles. The molecule has 0 fully saturated rings. The highest BCUT2D eigenvalue weighted by Crippen LogP contribution is 2.29. The number of halogens is 3. The molecule has 6 heteroatoms. The summed E-state index contributed by atoms with van der Waals surface area (Å²) in [5.74, 6) is 0. The maximum atomic E-state index is 12.3. The normalized spacial score (nSPS) is 12.3. The number of hydrogen-bond acceptors (Lipinski definition) is 3. The van der Waals surface area contributed by atoms with Crippen LogP contribution in [0.5, 0.6) is 0 Å². The van der Waals surface area contributed by atoms with Gasteiger partial charge in [-0.25, -0.2) is 0 Å². The van der Waals surface area contributed by atoms with Gasteiger partial charge >= 0.3 is 6.18 Å². The van der Waals surface area contributed by atoms with Crippen molar-refractivity contribution < 1.29 is 18.4 Å². The lowest BCUT2D eigenvalue weighted by Gasteiger charge is -2.07. The molecular formula is C8H7F3N2O. The molecule has 3 nitrogen and oxygen atoms in total. The van der Waals surface area contributed by atoms with E-state index in [-0.39, 0.29) is 11.4 Å². The summed E-state index contributed by atoms with van der Waals surface area (Å²) in [4.78, 5) is 3.73. The lowest BCUT2D eigenvalue weighted by atomic mass is 10.2. The number of alkyl halides is 3. The average molecular weight is 204 g/mol. The van der Waals surface area contributed by atoms with Crippen LogP contribution in [0.25, 0.3) is 0 Å². The summed E-state index contributed by atoms with van der Waals surface area (Å²) >= 11 is 0. The SMILES string of the molecule is Cc1cc(C(F)(F)F)cc(/C=N/O)n1. The number of oxime groups is 1. The standard InChI is InChI=1S/C8H7F3N2O/c1-5-2-6(8(9,10)11)3-7(13-5)4-12-14/h2-4,14H,1H3/b12-4+. The number of nitrogens with zero attached hydrogens (tertiary/aromatic N) is 2. The molecule has 0 spiro atoms. The Kier molecular flexibility index (Phi) is 2.73. The van der Waals surface area contributed by atoms with Crippen molar-refractivity contribution in [3.8, 4) is 0 Å². The van der Waals surface area contributed by atoms with E-state index >= 15 is 0 Å². The molecule has 1 N–H and O–H groups in total. The van der Waals surface area contributed by atoms with E-state index in [1.165, 1.54) is 6.92 Å². The van der Waals surface area contributed by atoms with Gasteiger partial charge in [0.2, 0.25) is 0 Å². The first-order valence-corrected chi connectivity index (χ1v) is 3.67. The zero-order chi connectivity index (χ0) is 10.8. The Morgan fingerprint density at radius 3 is 2.57 bits per heavy atom. The van der Waals surface area contributed by atoms with Crippen LogP contribution in [0.15, 0.2) is 17.3 Å². The van der Waals surface area contributed by atoms with E-state index in [4.69, 9.17) is 5.21 Å². The molecule has 1 aromatic rings. The van der Waals surface area contributed by atoms with Gasteiger partial charge in [-0.05, 0) is 19.1 Å². The Bertz CT molecular complexity index is 360. The number of hydrogen-bond donors (Lipinski definition) is 1. The van der Waals surface area contributed by atoms with Crippen LogP contribution in [0.4, 0.5) is 13.2 Å². The van der Waals surface area contributed by atoms with Crippen LogP contribution >= 0.6 is 0 Å². The Labute approximate surface area is 77.9 Å². The maximum absolute atomic E-state index is 12.3. The minimum absolute atomic E-state index is 0.0279. The molecule has 0 saturated heterocycles. The van der Waals surface area contributed by atoms with Crippen molar-refractivity contribution in [2.24, 2.45) is 5.16 Å². The fourth-order valence-electron chi connectivity index (χ4n) is 0.983. The van der Waals surface area contributed by atoms with Gasteiger partial charge in [0.05, 0.1) is 17.5 Å². The summed E-state index contributed by atoms with van der Waals surface area (Å²) in [6.07, 6.45) is -3.56. The molecule has 0 radical (unpaired) electrons. The van der Waals surface area contributed by atoms with E-state index in [0.717, 1.165) is 18.3 Å². The molecule has 0 atom stereocenters. The highest BCUT2D eigenvalue weighted by atomic mass is 19.4. The van der Waals surface area contributed by atoms with Crippen LogP contribution < -0.4 is 0 Å². The quantitative estimate of drug-likeness (QED) is 0.433. The Morgan fingerprint density at radius 2 is 2.07 bits per heavy atom. The molecule has 0 saturated carbocycles. The lowest BCUT2D eigenvalue weighted by Crippen LogP contribution is -2.07. The molecule has 0 aliphatic heterocycles. The fraction of sp³-hybridized carbons (Fsp3) is 0.250. The average Bonchev–Trinajstić information content (AvgIpc) is 2.02. The molecule has 1 heterocycles. The van der Waals surface area contributed by atoms with E-state index in [1.807, 2.05) is 0 Å². The molecule has 0 unspecified atom stereocenters. The van der Waals surface area contributed by atoms with Crippen LogP contribution in [0.1, 0.15) is 17.0 Å². The van der Waals surface area contributed by atoms with Gasteiger partial charge in [-0.2, -0.15) is 13.2 Å². The zero-order valence-electron chi connectivity index (χ0n) is 7.21. The molecular weight excluding hydrogens is 197 g/mol. The summed E-state index contributed by atoms with van der Waals surface area (Å²) in [7, 11) is 0. The summed E-state index contributed by atoms with van der Waals surface area (Å²) in [5, 5.41) is 10.8. The van der Waals surface area contributed by atoms with Crippen LogP contribution in [0, 0.1) is 6.92 Å². The lowest BCUT2D eigenvalue weighted by molar-refractivity contribution is -0.137. The Morgan fingerprint density at radius 1 is 1.43 bits per heavy atom. The summed E-state index contributed by atoms with van der Waals surface area (Å²) < 4.78 is 36.8. The third kappa shape index (κ3) is 2.45. The molecule has 0 bridgehead atoms. The zero-order valence-corrected chi connectivity index (χ0v) is 7.21. The van der Waals surface area contributed by atoms with E-state index in [2.05, 4.69) is 10.1 Å². The third-order valence-corrected chi connectivity index (χ3v) is 1.49. The van der Waals surface area contributed by atoms with Gasteiger partial charge < -0.3 is 5.21 Å². The number of aromatic nitrogens is 1. The van der Waals surface area contributed by atoms with Gasteiger partial charge in [-0.15, -0.1) is 0 Å². The molecule has 76 valence electrons. The second-order valence-electron chi connectivity index (χ2n) is 2.66. The van der Waals surface area contributed by atoms with Gasteiger partial charge in [0.15, 0.2) is 0 Å². The van der Waals surface area contributed by atoms with E-state index in [9.17, 15) is 13.2 Å². The molecule has 0 aliphatic carbocycles. The number of pyridine rings is 1. The maximum Gasteiger partial charge on any atom is 0.416 e. The molecule has 1 rings (SSSR count). The van der Waals surface area contributed by atoms with E-state index in [0.29, 0.717) is 0 Å². The van der Waals surface area contributed by atoms with E-state index < -0.39 is 11.7 Å². The van der Waals surface area contributed by atoms with Crippen molar-refractivity contribution in [2.75, 3.05) is 0 Å². The van der Waals surface area contributed by atoms with Gasteiger partial charge in [0, 0.05) is 5.69 Å². The minimum atomic E-state index is -4.41.